The van der Waals surface area contributed by atoms with Gasteiger partial charge in [-0.1, -0.05) is 0 Å². The molecule has 2 rings (SSSR count). The van der Waals surface area contributed by atoms with E-state index >= 15 is 0 Å². The summed E-state index contributed by atoms with van der Waals surface area (Å²) >= 11 is 0. The summed E-state index contributed by atoms with van der Waals surface area (Å²) in [5.41, 5.74) is 4.38. The summed E-state index contributed by atoms with van der Waals surface area (Å²) in [5, 5.41) is 9.35. The third-order valence-electron chi connectivity index (χ3n) is 5.13. The number of carboxylic acid groups (broad SMARTS) is 1. The average Bonchev–Trinajstić information content (AvgIpc) is 3.10. The Morgan fingerprint density at radius 3 is 2.00 bits per heavy atom. The van der Waals surface area contributed by atoms with Gasteiger partial charge < -0.3 is 24.5 Å². The highest BCUT2D eigenvalue weighted by Gasteiger charge is 2.26. The Morgan fingerprint density at radius 1 is 0.933 bits per heavy atom. The molecular weight excluding hydrogens is 388 g/mol. The van der Waals surface area contributed by atoms with E-state index in [2.05, 4.69) is 9.97 Å². The van der Waals surface area contributed by atoms with E-state index in [1.807, 2.05) is 13.8 Å². The van der Waals surface area contributed by atoms with Crippen molar-refractivity contribution in [1.29, 1.82) is 0 Å². The van der Waals surface area contributed by atoms with Crippen LogP contribution in [0.3, 0.4) is 0 Å². The lowest BCUT2D eigenvalue weighted by atomic mass is 10.0. The van der Waals surface area contributed by atoms with Crippen molar-refractivity contribution >= 4 is 17.9 Å². The van der Waals surface area contributed by atoms with Gasteiger partial charge in [0.1, 0.15) is 17.0 Å². The van der Waals surface area contributed by atoms with Crippen LogP contribution in [-0.4, -0.2) is 45.7 Å². The molecule has 0 aromatic carbocycles. The van der Waals surface area contributed by atoms with E-state index in [9.17, 15) is 19.5 Å². The molecule has 30 heavy (non-hydrogen) atoms. The van der Waals surface area contributed by atoms with Crippen LogP contribution < -0.4 is 0 Å². The lowest BCUT2D eigenvalue weighted by Gasteiger charge is -2.19. The van der Waals surface area contributed by atoms with Gasteiger partial charge in [-0.15, -0.1) is 0 Å². The topological polar surface area (TPSA) is 121 Å². The summed E-state index contributed by atoms with van der Waals surface area (Å²) in [4.78, 5) is 42.0. The van der Waals surface area contributed by atoms with Crippen molar-refractivity contribution in [2.45, 2.75) is 66.4 Å². The van der Waals surface area contributed by atoms with Crippen molar-refractivity contribution in [2.24, 2.45) is 0 Å². The van der Waals surface area contributed by atoms with Crippen molar-refractivity contribution < 1.29 is 29.0 Å². The minimum absolute atomic E-state index is 0.133. The molecule has 0 atom stereocenters. The van der Waals surface area contributed by atoms with Crippen LogP contribution in [0.1, 0.15) is 81.8 Å². The smallest absolute Gasteiger partial charge is 0.355 e. The van der Waals surface area contributed by atoms with Gasteiger partial charge in [0.05, 0.1) is 7.11 Å². The number of carboxylic acids is 1. The quantitative estimate of drug-likeness (QED) is 0.591. The van der Waals surface area contributed by atoms with Crippen molar-refractivity contribution in [1.82, 2.24) is 9.97 Å². The zero-order chi connectivity index (χ0) is 22.8. The molecule has 0 amide bonds. The Hall–Kier alpha value is -3.03. The number of rotatable bonds is 7. The second-order valence-electron chi connectivity index (χ2n) is 8.37. The number of aromatic amines is 2. The van der Waals surface area contributed by atoms with E-state index in [1.165, 1.54) is 7.11 Å². The lowest BCUT2D eigenvalue weighted by Crippen LogP contribution is -2.24. The van der Waals surface area contributed by atoms with E-state index < -0.39 is 17.5 Å². The number of aromatic nitrogens is 2. The molecule has 3 N–H and O–H groups in total. The molecule has 0 unspecified atom stereocenters. The van der Waals surface area contributed by atoms with Gasteiger partial charge in [0.25, 0.3) is 0 Å². The molecule has 0 aliphatic rings. The average molecular weight is 418 g/mol. The number of carbonyl (C=O) groups excluding carboxylic acids is 2. The van der Waals surface area contributed by atoms with Gasteiger partial charge in [-0.05, 0) is 70.2 Å². The fourth-order valence-corrected chi connectivity index (χ4v) is 3.33. The number of nitrogens with one attached hydrogen (secondary N) is 2. The lowest BCUT2D eigenvalue weighted by molar-refractivity contribution is -0.140. The van der Waals surface area contributed by atoms with Crippen LogP contribution in [0.5, 0.6) is 0 Å². The Morgan fingerprint density at radius 2 is 1.50 bits per heavy atom. The summed E-state index contributed by atoms with van der Waals surface area (Å²) in [7, 11) is 1.32. The molecule has 0 radical (unpaired) electrons. The number of methoxy groups -OCH3 is 1. The fourth-order valence-electron chi connectivity index (χ4n) is 3.33. The first-order chi connectivity index (χ1) is 13.9. The third kappa shape index (κ3) is 5.11. The van der Waals surface area contributed by atoms with Crippen LogP contribution in [0, 0.1) is 20.8 Å². The molecule has 0 saturated carbocycles. The van der Waals surface area contributed by atoms with Crippen LogP contribution in [-0.2, 0) is 27.1 Å². The summed E-state index contributed by atoms with van der Waals surface area (Å²) in [6, 6.07) is 0. The SMILES string of the molecule is COC(=O)CCc1c(C(=O)OC(C)(C)C)[nH]c(Cc2[nH]c(C(=O)O)c(C)c2C)c1C. The number of H-pyrrole nitrogens is 2. The second-order valence-corrected chi connectivity index (χ2v) is 8.37. The maximum Gasteiger partial charge on any atom is 0.355 e. The first-order valence-corrected chi connectivity index (χ1v) is 9.77. The molecule has 8 heteroatoms. The molecular formula is C22H30N2O6. The molecule has 0 fully saturated rings. The van der Waals surface area contributed by atoms with Crippen LogP contribution in [0.2, 0.25) is 0 Å². The molecule has 2 aromatic rings. The van der Waals surface area contributed by atoms with Gasteiger partial charge in [-0.2, -0.15) is 0 Å². The number of hydrogen-bond donors (Lipinski definition) is 3. The van der Waals surface area contributed by atoms with E-state index in [1.54, 1.807) is 27.7 Å². The Bertz CT molecular complexity index is 975. The third-order valence-corrected chi connectivity index (χ3v) is 5.13. The maximum absolute atomic E-state index is 12.8. The summed E-state index contributed by atoms with van der Waals surface area (Å²) in [5.74, 6) is -1.88. The van der Waals surface area contributed by atoms with Gasteiger partial charge in [0.2, 0.25) is 0 Å². The number of carbonyl (C=O) groups is 3. The minimum atomic E-state index is -1.02. The number of aromatic carboxylic acids is 1. The van der Waals surface area contributed by atoms with Crippen LogP contribution in [0.15, 0.2) is 0 Å². The number of esters is 2. The van der Waals surface area contributed by atoms with E-state index in [-0.39, 0.29) is 18.1 Å². The molecule has 2 heterocycles. The van der Waals surface area contributed by atoms with Crippen molar-refractivity contribution in [3.8, 4) is 0 Å². The van der Waals surface area contributed by atoms with Crippen LogP contribution in [0.4, 0.5) is 0 Å². The zero-order valence-electron chi connectivity index (χ0n) is 18.6. The largest absolute Gasteiger partial charge is 0.477 e. The Labute approximate surface area is 176 Å². The van der Waals surface area contributed by atoms with Gasteiger partial charge >= 0.3 is 17.9 Å². The predicted octanol–water partition coefficient (Wildman–Crippen LogP) is 3.62. The number of hydrogen-bond acceptors (Lipinski definition) is 5. The van der Waals surface area contributed by atoms with Gasteiger partial charge in [-0.25, -0.2) is 9.59 Å². The Kier molecular flexibility index (Phi) is 6.80. The molecule has 0 aliphatic heterocycles. The second kappa shape index (κ2) is 8.77. The fraction of sp³-hybridized carbons (Fsp3) is 0.500. The predicted molar refractivity (Wildman–Crippen MR) is 111 cm³/mol. The molecule has 0 bridgehead atoms. The van der Waals surface area contributed by atoms with Crippen molar-refractivity contribution in [2.75, 3.05) is 7.11 Å². The standard InChI is InChI=1S/C22H30N2O6/c1-11-12(2)18(20(26)27)23-15(11)10-16-13(3)14(8-9-17(25)29-7)19(24-16)21(28)30-22(4,5)6/h23-24H,8-10H2,1-7H3,(H,26,27). The summed E-state index contributed by atoms with van der Waals surface area (Å²) in [6.45, 7) is 10.8. The Balaban J connectivity index is 2.45. The maximum atomic E-state index is 12.8. The molecule has 2 aromatic heterocycles. The normalized spacial score (nSPS) is 11.4. The number of ether oxygens (including phenoxy) is 2. The summed E-state index contributed by atoms with van der Waals surface area (Å²) in [6.07, 6.45) is 0.848. The van der Waals surface area contributed by atoms with Crippen molar-refractivity contribution in [3.63, 3.8) is 0 Å². The highest BCUT2D eigenvalue weighted by Crippen LogP contribution is 2.27. The summed E-state index contributed by atoms with van der Waals surface area (Å²) < 4.78 is 10.2. The molecule has 164 valence electrons. The molecule has 0 spiro atoms. The van der Waals surface area contributed by atoms with E-state index in [4.69, 9.17) is 9.47 Å². The van der Waals surface area contributed by atoms with Crippen LogP contribution >= 0.6 is 0 Å². The highest BCUT2D eigenvalue weighted by atomic mass is 16.6. The van der Waals surface area contributed by atoms with Crippen LogP contribution in [0.25, 0.3) is 0 Å². The van der Waals surface area contributed by atoms with Gasteiger partial charge in [0, 0.05) is 24.2 Å². The monoisotopic (exact) mass is 418 g/mol. The molecule has 8 nitrogen and oxygen atoms in total. The molecule has 0 saturated heterocycles. The van der Waals surface area contributed by atoms with E-state index in [0.29, 0.717) is 29.7 Å². The first-order valence-electron chi connectivity index (χ1n) is 9.77. The van der Waals surface area contributed by atoms with Crippen molar-refractivity contribution in [3.05, 3.63) is 45.0 Å². The van der Waals surface area contributed by atoms with E-state index in [0.717, 1.165) is 22.5 Å². The highest BCUT2D eigenvalue weighted by molar-refractivity contribution is 5.90. The van der Waals surface area contributed by atoms with Gasteiger partial charge in [-0.3, -0.25) is 4.79 Å². The zero-order valence-corrected chi connectivity index (χ0v) is 18.6. The molecule has 0 aliphatic carbocycles. The minimum Gasteiger partial charge on any atom is -0.477 e. The first kappa shape index (κ1) is 23.3. The van der Waals surface area contributed by atoms with Gasteiger partial charge in [0.15, 0.2) is 0 Å².